The molecular weight excluding hydrogens is 332 g/mol. The second-order valence-electron chi connectivity index (χ2n) is 7.43. The number of carbonyl (C=O) groups excluding carboxylic acids is 1. The van der Waals surface area contributed by atoms with E-state index in [4.69, 9.17) is 11.6 Å². The lowest BCUT2D eigenvalue weighted by Gasteiger charge is -2.34. The first-order valence-electron chi connectivity index (χ1n) is 8.57. The van der Waals surface area contributed by atoms with Gasteiger partial charge in [-0.3, -0.25) is 4.79 Å². The Labute approximate surface area is 149 Å². The minimum absolute atomic E-state index is 0.0718. The molecule has 0 spiro atoms. The van der Waals surface area contributed by atoms with E-state index in [0.29, 0.717) is 0 Å². The highest BCUT2D eigenvalue weighted by Crippen LogP contribution is 2.33. The van der Waals surface area contributed by atoms with Crippen molar-refractivity contribution < 1.29 is 13.6 Å². The number of rotatable bonds is 7. The van der Waals surface area contributed by atoms with Gasteiger partial charge in [-0.25, -0.2) is 8.78 Å². The normalized spacial score (nSPS) is 11.9. The summed E-state index contributed by atoms with van der Waals surface area (Å²) in [5, 5.41) is -0.562. The second kappa shape index (κ2) is 8.80. The fourth-order valence-corrected chi connectivity index (χ4v) is 3.00. The van der Waals surface area contributed by atoms with Gasteiger partial charge in [-0.1, -0.05) is 59.1 Å². The van der Waals surface area contributed by atoms with E-state index in [9.17, 15) is 13.6 Å². The van der Waals surface area contributed by atoms with Crippen molar-refractivity contribution >= 4 is 23.2 Å². The molecule has 0 heterocycles. The molecule has 5 heteroatoms. The molecule has 0 fully saturated rings. The molecule has 0 saturated heterocycles. The number of anilines is 1. The van der Waals surface area contributed by atoms with Crippen LogP contribution in [0.2, 0.25) is 5.02 Å². The number of hydrogen-bond donors (Lipinski definition) is 0. The van der Waals surface area contributed by atoms with Crippen molar-refractivity contribution in [3.63, 3.8) is 0 Å². The summed E-state index contributed by atoms with van der Waals surface area (Å²) in [5.41, 5.74) is -0.152. The zero-order valence-corrected chi connectivity index (χ0v) is 16.0. The lowest BCUT2D eigenvalue weighted by atomic mass is 9.90. The Morgan fingerprint density at radius 2 is 1.71 bits per heavy atom. The average Bonchev–Trinajstić information content (AvgIpc) is 2.46. The summed E-state index contributed by atoms with van der Waals surface area (Å²) in [5.74, 6) is -1.84. The van der Waals surface area contributed by atoms with Gasteiger partial charge in [0, 0.05) is 12.5 Å². The van der Waals surface area contributed by atoms with Gasteiger partial charge in [0.1, 0.15) is 10.8 Å². The van der Waals surface area contributed by atoms with Crippen LogP contribution >= 0.6 is 11.6 Å². The number of hydrogen-bond acceptors (Lipinski definition) is 1. The standard InChI is InChI=1S/C19H28ClF2NO/c1-6-8-13(9-7-2)23(16(24)12-19(3,4)5)15-11-10-14(21)17(20)18(15)22/h10-11,13H,6-9,12H2,1-5H3. The predicted molar refractivity (Wildman–Crippen MR) is 96.5 cm³/mol. The highest BCUT2D eigenvalue weighted by molar-refractivity contribution is 6.31. The van der Waals surface area contributed by atoms with Crippen LogP contribution in [-0.4, -0.2) is 11.9 Å². The van der Waals surface area contributed by atoms with E-state index in [-0.39, 0.29) is 29.5 Å². The summed E-state index contributed by atoms with van der Waals surface area (Å²) in [7, 11) is 0. The van der Waals surface area contributed by atoms with Gasteiger partial charge >= 0.3 is 0 Å². The van der Waals surface area contributed by atoms with E-state index in [2.05, 4.69) is 0 Å². The van der Waals surface area contributed by atoms with Crippen LogP contribution in [0, 0.1) is 17.0 Å². The molecule has 0 N–H and O–H groups in total. The number of carbonyl (C=O) groups is 1. The lowest BCUT2D eigenvalue weighted by Crippen LogP contribution is -2.42. The quantitative estimate of drug-likeness (QED) is 0.519. The first-order chi connectivity index (χ1) is 11.1. The Morgan fingerprint density at radius 3 is 2.17 bits per heavy atom. The molecule has 1 rings (SSSR count). The predicted octanol–water partition coefficient (Wildman–Crippen LogP) is 6.36. The summed E-state index contributed by atoms with van der Waals surface area (Å²) < 4.78 is 28.1. The maximum absolute atomic E-state index is 14.6. The number of amides is 1. The maximum Gasteiger partial charge on any atom is 0.227 e. The van der Waals surface area contributed by atoms with Crippen LogP contribution < -0.4 is 4.90 Å². The average molecular weight is 360 g/mol. The number of benzene rings is 1. The summed E-state index contributed by atoms with van der Waals surface area (Å²) in [6.45, 7) is 9.95. The maximum atomic E-state index is 14.6. The molecule has 1 aromatic carbocycles. The Kier molecular flexibility index (Phi) is 7.65. The number of halogens is 3. The molecule has 0 bridgehead atoms. The van der Waals surface area contributed by atoms with E-state index in [0.717, 1.165) is 31.7 Å². The Bertz CT molecular complexity index is 563. The fourth-order valence-electron chi connectivity index (χ4n) is 2.84. The van der Waals surface area contributed by atoms with Gasteiger partial charge in [-0.15, -0.1) is 0 Å². The minimum Gasteiger partial charge on any atom is -0.306 e. The molecule has 24 heavy (non-hydrogen) atoms. The van der Waals surface area contributed by atoms with Gasteiger partial charge in [0.25, 0.3) is 0 Å². The van der Waals surface area contributed by atoms with Crippen molar-refractivity contribution in [1.29, 1.82) is 0 Å². The largest absolute Gasteiger partial charge is 0.306 e. The van der Waals surface area contributed by atoms with Crippen molar-refractivity contribution in [3.8, 4) is 0 Å². The van der Waals surface area contributed by atoms with Crippen LogP contribution in [0.1, 0.15) is 66.7 Å². The molecule has 0 saturated carbocycles. The van der Waals surface area contributed by atoms with Crippen molar-refractivity contribution in [2.75, 3.05) is 4.90 Å². The van der Waals surface area contributed by atoms with Crippen LogP contribution in [0.5, 0.6) is 0 Å². The van der Waals surface area contributed by atoms with Gasteiger partial charge in [0.2, 0.25) is 5.91 Å². The van der Waals surface area contributed by atoms with E-state index in [1.165, 1.54) is 11.0 Å². The zero-order chi connectivity index (χ0) is 18.5. The van der Waals surface area contributed by atoms with Crippen LogP contribution in [0.4, 0.5) is 14.5 Å². The highest BCUT2D eigenvalue weighted by atomic mass is 35.5. The fraction of sp³-hybridized carbons (Fsp3) is 0.632. The monoisotopic (exact) mass is 359 g/mol. The van der Waals surface area contributed by atoms with Gasteiger partial charge in [-0.2, -0.15) is 0 Å². The van der Waals surface area contributed by atoms with E-state index < -0.39 is 16.7 Å². The van der Waals surface area contributed by atoms with Crippen molar-refractivity contribution in [3.05, 3.63) is 28.8 Å². The molecule has 1 aromatic rings. The highest BCUT2D eigenvalue weighted by Gasteiger charge is 2.30. The molecule has 0 unspecified atom stereocenters. The third-order valence-corrected chi connectivity index (χ3v) is 4.18. The first kappa shape index (κ1) is 20.9. The van der Waals surface area contributed by atoms with Gasteiger partial charge in [0.15, 0.2) is 5.82 Å². The minimum atomic E-state index is -0.865. The Morgan fingerprint density at radius 1 is 1.17 bits per heavy atom. The summed E-state index contributed by atoms with van der Waals surface area (Å²) in [6, 6.07) is 2.31. The summed E-state index contributed by atoms with van der Waals surface area (Å²) in [4.78, 5) is 14.4. The molecule has 0 aliphatic carbocycles. The topological polar surface area (TPSA) is 20.3 Å². The molecule has 0 radical (unpaired) electrons. The molecule has 0 aromatic heterocycles. The third kappa shape index (κ3) is 5.44. The van der Waals surface area contributed by atoms with Crippen LogP contribution in [0.3, 0.4) is 0 Å². The molecule has 0 atom stereocenters. The lowest BCUT2D eigenvalue weighted by molar-refractivity contribution is -0.120. The summed E-state index contributed by atoms with van der Waals surface area (Å²) in [6.07, 6.45) is 3.56. The van der Waals surface area contributed by atoms with Crippen molar-refractivity contribution in [2.45, 2.75) is 72.8 Å². The number of nitrogens with zero attached hydrogens (tertiary/aromatic N) is 1. The van der Waals surface area contributed by atoms with Gasteiger partial charge in [-0.05, 0) is 30.4 Å². The van der Waals surface area contributed by atoms with E-state index in [1.807, 2.05) is 34.6 Å². The smallest absolute Gasteiger partial charge is 0.227 e. The second-order valence-corrected chi connectivity index (χ2v) is 7.80. The Balaban J connectivity index is 3.36. The van der Waals surface area contributed by atoms with Crippen molar-refractivity contribution in [2.24, 2.45) is 5.41 Å². The van der Waals surface area contributed by atoms with E-state index >= 15 is 0 Å². The summed E-state index contributed by atoms with van der Waals surface area (Å²) >= 11 is 5.74. The molecule has 136 valence electrons. The molecule has 1 amide bonds. The SMILES string of the molecule is CCCC(CCC)N(C(=O)CC(C)(C)C)c1ccc(F)c(Cl)c1F. The van der Waals surface area contributed by atoms with Gasteiger partial charge < -0.3 is 4.90 Å². The molecule has 0 aliphatic rings. The van der Waals surface area contributed by atoms with E-state index in [1.54, 1.807) is 0 Å². The Hall–Kier alpha value is -1.16. The molecular formula is C19H28ClF2NO. The van der Waals surface area contributed by atoms with Crippen LogP contribution in [-0.2, 0) is 4.79 Å². The van der Waals surface area contributed by atoms with Crippen LogP contribution in [0.25, 0.3) is 0 Å². The third-order valence-electron chi connectivity index (χ3n) is 3.83. The van der Waals surface area contributed by atoms with Crippen molar-refractivity contribution in [1.82, 2.24) is 0 Å². The first-order valence-corrected chi connectivity index (χ1v) is 8.95. The molecule has 0 aliphatic heterocycles. The van der Waals surface area contributed by atoms with Gasteiger partial charge in [0.05, 0.1) is 5.69 Å². The zero-order valence-electron chi connectivity index (χ0n) is 15.3. The molecule has 2 nitrogen and oxygen atoms in total. The van der Waals surface area contributed by atoms with Crippen LogP contribution in [0.15, 0.2) is 12.1 Å².